The van der Waals surface area contributed by atoms with Crippen LogP contribution in [0.3, 0.4) is 0 Å². The van der Waals surface area contributed by atoms with Crippen LogP contribution in [0.4, 0.5) is 0 Å². The second-order valence-corrected chi connectivity index (χ2v) is 7.34. The Hall–Kier alpha value is -1.20. The highest BCUT2D eigenvalue weighted by molar-refractivity contribution is 7.09. The van der Waals surface area contributed by atoms with Gasteiger partial charge in [-0.3, -0.25) is 0 Å². The van der Waals surface area contributed by atoms with Crippen molar-refractivity contribution in [2.75, 3.05) is 6.54 Å². The monoisotopic (exact) mass is 307 g/mol. The molecule has 5 heteroatoms. The standard InChI is InChI=1S/C16H25N3OS/c1-16(2,3)17-11-5-10-15-19-18-14(20-15)9-4-7-13-8-6-12-21-13/h6,8,12,17H,4-5,7,9-11H2,1-3H3. The molecule has 0 aliphatic carbocycles. The normalized spacial score (nSPS) is 12.0. The van der Waals surface area contributed by atoms with Gasteiger partial charge in [-0.1, -0.05) is 6.07 Å². The van der Waals surface area contributed by atoms with Crippen LogP contribution in [0, 0.1) is 0 Å². The van der Waals surface area contributed by atoms with E-state index in [1.807, 2.05) is 0 Å². The largest absolute Gasteiger partial charge is 0.425 e. The van der Waals surface area contributed by atoms with Crippen LogP contribution in [0.2, 0.25) is 0 Å². The van der Waals surface area contributed by atoms with Gasteiger partial charge in [-0.25, -0.2) is 0 Å². The molecule has 0 amide bonds. The molecule has 0 aliphatic rings. The molecule has 0 aromatic carbocycles. The Balaban J connectivity index is 1.64. The summed E-state index contributed by atoms with van der Waals surface area (Å²) in [7, 11) is 0. The lowest BCUT2D eigenvalue weighted by molar-refractivity contribution is 0.404. The molecule has 4 nitrogen and oxygen atoms in total. The van der Waals surface area contributed by atoms with Gasteiger partial charge < -0.3 is 9.73 Å². The number of hydrogen-bond donors (Lipinski definition) is 1. The number of nitrogens with zero attached hydrogens (tertiary/aromatic N) is 2. The molecule has 0 atom stereocenters. The van der Waals surface area contributed by atoms with Crippen molar-refractivity contribution in [1.29, 1.82) is 0 Å². The number of thiophene rings is 1. The van der Waals surface area contributed by atoms with Crippen LogP contribution >= 0.6 is 11.3 Å². The van der Waals surface area contributed by atoms with E-state index in [0.717, 1.165) is 50.4 Å². The molecule has 1 N–H and O–H groups in total. The van der Waals surface area contributed by atoms with Gasteiger partial charge in [0.1, 0.15) is 0 Å². The Morgan fingerprint density at radius 1 is 1.10 bits per heavy atom. The summed E-state index contributed by atoms with van der Waals surface area (Å²) in [6.45, 7) is 7.49. The molecule has 2 heterocycles. The van der Waals surface area contributed by atoms with Crippen molar-refractivity contribution < 1.29 is 4.42 Å². The lowest BCUT2D eigenvalue weighted by Crippen LogP contribution is -2.36. The zero-order chi connectivity index (χ0) is 15.1. The van der Waals surface area contributed by atoms with Crippen LogP contribution in [0.25, 0.3) is 0 Å². The highest BCUT2D eigenvalue weighted by atomic mass is 32.1. The maximum Gasteiger partial charge on any atom is 0.216 e. The summed E-state index contributed by atoms with van der Waals surface area (Å²) in [6.07, 6.45) is 4.89. The number of rotatable bonds is 8. The molecule has 0 unspecified atom stereocenters. The first-order chi connectivity index (χ1) is 10.0. The first-order valence-corrected chi connectivity index (χ1v) is 8.49. The SMILES string of the molecule is CC(C)(C)NCCCc1nnc(CCCc2cccs2)o1. The van der Waals surface area contributed by atoms with Crippen molar-refractivity contribution >= 4 is 11.3 Å². The molecule has 0 saturated heterocycles. The smallest absolute Gasteiger partial charge is 0.216 e. The first kappa shape index (κ1) is 16.2. The molecule has 2 rings (SSSR count). The fourth-order valence-corrected chi connectivity index (χ4v) is 2.81. The van der Waals surface area contributed by atoms with Gasteiger partial charge in [0.25, 0.3) is 0 Å². The second kappa shape index (κ2) is 7.71. The second-order valence-electron chi connectivity index (χ2n) is 6.30. The van der Waals surface area contributed by atoms with E-state index in [1.165, 1.54) is 4.88 Å². The van der Waals surface area contributed by atoms with Gasteiger partial charge in [-0.15, -0.1) is 21.5 Å². The molecule has 0 aliphatic heterocycles. The predicted octanol–water partition coefficient (Wildman–Crippen LogP) is 3.63. The maximum atomic E-state index is 5.69. The van der Waals surface area contributed by atoms with E-state index in [9.17, 15) is 0 Å². The summed E-state index contributed by atoms with van der Waals surface area (Å²) in [5.74, 6) is 1.53. The third-order valence-corrected chi connectivity index (χ3v) is 4.06. The minimum absolute atomic E-state index is 0.168. The highest BCUT2D eigenvalue weighted by Crippen LogP contribution is 2.13. The lowest BCUT2D eigenvalue weighted by Gasteiger charge is -2.19. The average molecular weight is 307 g/mol. The van der Waals surface area contributed by atoms with E-state index in [0.29, 0.717) is 0 Å². The van der Waals surface area contributed by atoms with Crippen LogP contribution in [-0.2, 0) is 19.3 Å². The van der Waals surface area contributed by atoms with Gasteiger partial charge in [-0.2, -0.15) is 0 Å². The fraction of sp³-hybridized carbons (Fsp3) is 0.625. The van der Waals surface area contributed by atoms with Crippen molar-refractivity contribution in [2.24, 2.45) is 0 Å². The van der Waals surface area contributed by atoms with E-state index in [-0.39, 0.29) is 5.54 Å². The van der Waals surface area contributed by atoms with E-state index in [2.05, 4.69) is 53.8 Å². The van der Waals surface area contributed by atoms with E-state index < -0.39 is 0 Å². The summed E-state index contributed by atoms with van der Waals surface area (Å²) < 4.78 is 5.69. The number of hydrogen-bond acceptors (Lipinski definition) is 5. The number of aromatic nitrogens is 2. The molecule has 0 bridgehead atoms. The Morgan fingerprint density at radius 2 is 1.81 bits per heavy atom. The molecule has 2 aromatic heterocycles. The summed E-state index contributed by atoms with van der Waals surface area (Å²) in [4.78, 5) is 1.42. The Kier molecular flexibility index (Phi) is 5.94. The molecule has 0 spiro atoms. The van der Waals surface area contributed by atoms with Gasteiger partial charge >= 0.3 is 0 Å². The van der Waals surface area contributed by atoms with Crippen molar-refractivity contribution in [3.8, 4) is 0 Å². The third-order valence-electron chi connectivity index (χ3n) is 3.13. The first-order valence-electron chi connectivity index (χ1n) is 7.61. The molecule has 2 aromatic rings. The van der Waals surface area contributed by atoms with Crippen LogP contribution < -0.4 is 5.32 Å². The maximum absolute atomic E-state index is 5.69. The summed E-state index contributed by atoms with van der Waals surface area (Å²) in [5, 5.41) is 13.8. The van der Waals surface area contributed by atoms with Crippen molar-refractivity contribution in [3.63, 3.8) is 0 Å². The van der Waals surface area contributed by atoms with Crippen LogP contribution in [0.1, 0.15) is 50.3 Å². The Labute approximate surface area is 131 Å². The quantitative estimate of drug-likeness (QED) is 0.757. The highest BCUT2D eigenvalue weighted by Gasteiger charge is 2.09. The molecular weight excluding hydrogens is 282 g/mol. The molecule has 21 heavy (non-hydrogen) atoms. The number of nitrogens with one attached hydrogen (secondary N) is 1. The zero-order valence-electron chi connectivity index (χ0n) is 13.2. The van der Waals surface area contributed by atoms with E-state index in [1.54, 1.807) is 11.3 Å². The lowest BCUT2D eigenvalue weighted by atomic mass is 10.1. The molecule has 0 saturated carbocycles. The van der Waals surface area contributed by atoms with Crippen LogP contribution in [0.5, 0.6) is 0 Å². The molecule has 0 fully saturated rings. The van der Waals surface area contributed by atoms with Crippen LogP contribution in [-0.4, -0.2) is 22.3 Å². The molecule has 0 radical (unpaired) electrons. The minimum Gasteiger partial charge on any atom is -0.425 e. The van der Waals surface area contributed by atoms with Crippen molar-refractivity contribution in [1.82, 2.24) is 15.5 Å². The van der Waals surface area contributed by atoms with Crippen LogP contribution in [0.15, 0.2) is 21.9 Å². The van der Waals surface area contributed by atoms with Crippen molar-refractivity contribution in [2.45, 2.75) is 58.4 Å². The van der Waals surface area contributed by atoms with Gasteiger partial charge in [0.15, 0.2) is 0 Å². The minimum atomic E-state index is 0.168. The fourth-order valence-electron chi connectivity index (χ4n) is 2.06. The van der Waals surface area contributed by atoms with Gasteiger partial charge in [0, 0.05) is 23.3 Å². The van der Waals surface area contributed by atoms with Crippen molar-refractivity contribution in [3.05, 3.63) is 34.2 Å². The van der Waals surface area contributed by atoms with Gasteiger partial charge in [0.2, 0.25) is 11.8 Å². The van der Waals surface area contributed by atoms with Gasteiger partial charge in [0.05, 0.1) is 0 Å². The molecular formula is C16H25N3OS. The molecule has 116 valence electrons. The van der Waals surface area contributed by atoms with Gasteiger partial charge in [-0.05, 0) is 58.0 Å². The summed E-state index contributed by atoms with van der Waals surface area (Å²) in [6, 6.07) is 4.27. The summed E-state index contributed by atoms with van der Waals surface area (Å²) >= 11 is 1.81. The Bertz CT molecular complexity index is 514. The Morgan fingerprint density at radius 3 is 2.43 bits per heavy atom. The third kappa shape index (κ3) is 6.40. The van der Waals surface area contributed by atoms with E-state index in [4.69, 9.17) is 4.42 Å². The topological polar surface area (TPSA) is 51.0 Å². The zero-order valence-corrected chi connectivity index (χ0v) is 14.0. The predicted molar refractivity (Wildman–Crippen MR) is 86.7 cm³/mol. The number of aryl methyl sites for hydroxylation is 3. The summed E-state index contributed by atoms with van der Waals surface area (Å²) in [5.41, 5.74) is 0.168. The van der Waals surface area contributed by atoms with E-state index >= 15 is 0 Å². The average Bonchev–Trinajstić information content (AvgIpc) is 3.05.